The zero-order chi connectivity index (χ0) is 15.4. The van der Waals surface area contributed by atoms with Gasteiger partial charge in [0, 0.05) is 11.6 Å². The lowest BCUT2D eigenvalue weighted by molar-refractivity contribution is 0.571. The Hall–Kier alpha value is -1.76. The van der Waals surface area contributed by atoms with Crippen LogP contribution in [0.2, 0.25) is 0 Å². The van der Waals surface area contributed by atoms with E-state index in [2.05, 4.69) is 43.3 Å². The Kier molecular flexibility index (Phi) is 4.82. The predicted octanol–water partition coefficient (Wildman–Crippen LogP) is 6.13. The highest BCUT2D eigenvalue weighted by Gasteiger charge is 2.27. The normalized spacial score (nSPS) is 15.6. The molecule has 2 aromatic rings. The first-order valence-electron chi connectivity index (χ1n) is 8.80. The largest absolute Gasteiger partial charge is 0.399 e. The molecule has 1 nitrogen and oxygen atoms in total. The molecule has 1 aliphatic rings. The summed E-state index contributed by atoms with van der Waals surface area (Å²) in [6, 6.07) is 15.3. The van der Waals surface area contributed by atoms with Crippen molar-refractivity contribution in [3.8, 4) is 11.1 Å². The third-order valence-corrected chi connectivity index (χ3v) is 4.92. The Labute approximate surface area is 134 Å². The number of hydrogen-bond acceptors (Lipinski definition) is 1. The monoisotopic (exact) mass is 293 g/mol. The first kappa shape index (κ1) is 15.1. The molecule has 1 aliphatic carbocycles. The van der Waals surface area contributed by atoms with Gasteiger partial charge in [-0.3, -0.25) is 0 Å². The van der Waals surface area contributed by atoms with E-state index in [1.807, 2.05) is 6.07 Å². The molecular formula is C21H27N. The molecule has 0 aromatic heterocycles. The van der Waals surface area contributed by atoms with Gasteiger partial charge in [-0.05, 0) is 40.8 Å². The van der Waals surface area contributed by atoms with Gasteiger partial charge in [0.25, 0.3) is 0 Å². The van der Waals surface area contributed by atoms with Crippen LogP contribution in [0.25, 0.3) is 11.1 Å². The van der Waals surface area contributed by atoms with Gasteiger partial charge in [0.15, 0.2) is 0 Å². The molecule has 0 heterocycles. The molecule has 0 amide bonds. The van der Waals surface area contributed by atoms with Crippen molar-refractivity contribution in [1.82, 2.24) is 0 Å². The molecule has 0 saturated heterocycles. The quantitative estimate of drug-likeness (QED) is 0.482. The van der Waals surface area contributed by atoms with Crippen LogP contribution in [-0.4, -0.2) is 0 Å². The summed E-state index contributed by atoms with van der Waals surface area (Å²) < 4.78 is 0. The Bertz CT molecular complexity index is 630. The topological polar surface area (TPSA) is 26.0 Å². The summed E-state index contributed by atoms with van der Waals surface area (Å²) in [5, 5.41) is 0. The molecule has 116 valence electrons. The summed E-state index contributed by atoms with van der Waals surface area (Å²) >= 11 is 0. The number of nitrogens with two attached hydrogens (primary N) is 1. The molecule has 0 fully saturated rings. The summed E-state index contributed by atoms with van der Waals surface area (Å²) in [5.41, 5.74) is 12.7. The van der Waals surface area contributed by atoms with Crippen LogP contribution in [0.3, 0.4) is 0 Å². The average Bonchev–Trinajstić information content (AvgIpc) is 2.84. The molecular weight excluding hydrogens is 266 g/mol. The lowest BCUT2D eigenvalue weighted by atomic mass is 9.91. The maximum Gasteiger partial charge on any atom is 0.0317 e. The number of hydrogen-bond donors (Lipinski definition) is 1. The van der Waals surface area contributed by atoms with Gasteiger partial charge in [-0.2, -0.15) is 0 Å². The van der Waals surface area contributed by atoms with Crippen LogP contribution in [0, 0.1) is 0 Å². The van der Waals surface area contributed by atoms with Gasteiger partial charge >= 0.3 is 0 Å². The molecule has 3 rings (SSSR count). The highest BCUT2D eigenvalue weighted by Crippen LogP contribution is 2.47. The first-order valence-corrected chi connectivity index (χ1v) is 8.80. The number of benzene rings is 2. The average molecular weight is 293 g/mol. The predicted molar refractivity (Wildman–Crippen MR) is 96.1 cm³/mol. The van der Waals surface area contributed by atoms with Crippen molar-refractivity contribution < 1.29 is 0 Å². The summed E-state index contributed by atoms with van der Waals surface area (Å²) in [6.07, 6.45) is 9.40. The minimum Gasteiger partial charge on any atom is -0.399 e. The lowest BCUT2D eigenvalue weighted by Crippen LogP contribution is -1.98. The Morgan fingerprint density at radius 2 is 1.55 bits per heavy atom. The van der Waals surface area contributed by atoms with E-state index in [0.717, 1.165) is 5.69 Å². The molecule has 2 N–H and O–H groups in total. The molecule has 0 bridgehead atoms. The first-order chi connectivity index (χ1) is 10.8. The van der Waals surface area contributed by atoms with Crippen LogP contribution in [0.1, 0.15) is 68.9 Å². The highest BCUT2D eigenvalue weighted by molar-refractivity contribution is 5.80. The van der Waals surface area contributed by atoms with Crippen LogP contribution < -0.4 is 5.73 Å². The maximum absolute atomic E-state index is 6.04. The van der Waals surface area contributed by atoms with Gasteiger partial charge in [0.2, 0.25) is 0 Å². The molecule has 1 unspecified atom stereocenters. The van der Waals surface area contributed by atoms with Crippen LogP contribution in [0.15, 0.2) is 42.5 Å². The zero-order valence-corrected chi connectivity index (χ0v) is 13.6. The van der Waals surface area contributed by atoms with Gasteiger partial charge in [0.1, 0.15) is 0 Å². The Morgan fingerprint density at radius 3 is 2.41 bits per heavy atom. The number of unbranched alkanes of at least 4 members (excludes halogenated alkanes) is 5. The number of anilines is 1. The van der Waals surface area contributed by atoms with Crippen molar-refractivity contribution in [1.29, 1.82) is 0 Å². The fourth-order valence-electron chi connectivity index (χ4n) is 3.77. The van der Waals surface area contributed by atoms with E-state index in [1.165, 1.54) is 67.2 Å². The van der Waals surface area contributed by atoms with Gasteiger partial charge in [-0.25, -0.2) is 0 Å². The van der Waals surface area contributed by atoms with E-state index < -0.39 is 0 Å². The van der Waals surface area contributed by atoms with Crippen molar-refractivity contribution >= 4 is 5.69 Å². The van der Waals surface area contributed by atoms with Crippen LogP contribution >= 0.6 is 0 Å². The fourth-order valence-corrected chi connectivity index (χ4v) is 3.77. The molecule has 1 atom stereocenters. The smallest absolute Gasteiger partial charge is 0.0317 e. The van der Waals surface area contributed by atoms with Gasteiger partial charge in [-0.15, -0.1) is 0 Å². The van der Waals surface area contributed by atoms with E-state index in [4.69, 9.17) is 5.73 Å². The standard InChI is InChI=1S/C21H27N/c1-2-3-4-5-6-7-10-19-17-11-8-9-12-18(17)20-14-13-16(22)15-21(19)20/h8-9,11-15,19H,2-7,10,22H2,1H3. The fraction of sp³-hybridized carbons (Fsp3) is 0.429. The third-order valence-electron chi connectivity index (χ3n) is 4.92. The number of fused-ring (bicyclic) bond motifs is 3. The van der Waals surface area contributed by atoms with E-state index >= 15 is 0 Å². The minimum absolute atomic E-state index is 0.542. The van der Waals surface area contributed by atoms with Crippen LogP contribution in [0.5, 0.6) is 0 Å². The molecule has 0 aliphatic heterocycles. The molecule has 0 spiro atoms. The minimum atomic E-state index is 0.542. The summed E-state index contributed by atoms with van der Waals surface area (Å²) in [7, 11) is 0. The molecule has 2 aromatic carbocycles. The summed E-state index contributed by atoms with van der Waals surface area (Å²) in [5.74, 6) is 0.542. The highest BCUT2D eigenvalue weighted by atomic mass is 14.5. The van der Waals surface area contributed by atoms with Crippen molar-refractivity contribution in [2.75, 3.05) is 5.73 Å². The van der Waals surface area contributed by atoms with Gasteiger partial charge in [-0.1, -0.05) is 75.8 Å². The summed E-state index contributed by atoms with van der Waals surface area (Å²) in [4.78, 5) is 0. The second-order valence-electron chi connectivity index (χ2n) is 6.54. The van der Waals surface area contributed by atoms with Crippen molar-refractivity contribution in [2.24, 2.45) is 0 Å². The molecule has 0 radical (unpaired) electrons. The van der Waals surface area contributed by atoms with Crippen molar-refractivity contribution in [3.05, 3.63) is 53.6 Å². The SMILES string of the molecule is CCCCCCCCC1c2ccccc2-c2ccc(N)cc21. The molecule has 22 heavy (non-hydrogen) atoms. The second kappa shape index (κ2) is 7.00. The lowest BCUT2D eigenvalue weighted by Gasteiger charge is -2.14. The molecule has 1 heteroatoms. The second-order valence-corrected chi connectivity index (χ2v) is 6.54. The van der Waals surface area contributed by atoms with Gasteiger partial charge < -0.3 is 5.73 Å². The molecule has 0 saturated carbocycles. The van der Waals surface area contributed by atoms with E-state index in [-0.39, 0.29) is 0 Å². The van der Waals surface area contributed by atoms with Crippen LogP contribution in [0.4, 0.5) is 5.69 Å². The zero-order valence-electron chi connectivity index (χ0n) is 13.6. The van der Waals surface area contributed by atoms with E-state index in [1.54, 1.807) is 0 Å². The van der Waals surface area contributed by atoms with Gasteiger partial charge in [0.05, 0.1) is 0 Å². The van der Waals surface area contributed by atoms with Crippen LogP contribution in [-0.2, 0) is 0 Å². The Morgan fingerprint density at radius 1 is 0.818 bits per heavy atom. The number of rotatable bonds is 7. The van der Waals surface area contributed by atoms with Crippen molar-refractivity contribution in [2.45, 2.75) is 57.8 Å². The Balaban J connectivity index is 1.72. The number of nitrogen functional groups attached to an aromatic ring is 1. The maximum atomic E-state index is 6.04. The van der Waals surface area contributed by atoms with E-state index in [0.29, 0.717) is 5.92 Å². The summed E-state index contributed by atoms with van der Waals surface area (Å²) in [6.45, 7) is 2.27. The van der Waals surface area contributed by atoms with E-state index in [9.17, 15) is 0 Å². The third kappa shape index (κ3) is 3.04. The van der Waals surface area contributed by atoms with Crippen molar-refractivity contribution in [3.63, 3.8) is 0 Å².